The third-order valence-electron chi connectivity index (χ3n) is 13.2. The van der Waals surface area contributed by atoms with Gasteiger partial charge >= 0.3 is 12.3 Å². The predicted octanol–water partition coefficient (Wildman–Crippen LogP) is 13.2. The molecule has 5 aliphatic rings. The molecule has 0 atom stereocenters. The minimum absolute atomic E-state index is 0.0688. The summed E-state index contributed by atoms with van der Waals surface area (Å²) in [4.78, 5) is 14.2. The Kier molecular flexibility index (Phi) is 13.4. The maximum absolute atomic E-state index is 13.3. The molecular formula is C52H60BrF4N5O2. The topological polar surface area (TPSA) is 77.7 Å². The number of carbonyl (C=O) groups excluding carboxylic acids is 1. The Morgan fingerprint density at radius 2 is 1.25 bits per heavy atom. The summed E-state index contributed by atoms with van der Waals surface area (Å²) in [5, 5.41) is 13.1. The van der Waals surface area contributed by atoms with Crippen molar-refractivity contribution >= 4 is 44.8 Å². The van der Waals surface area contributed by atoms with Gasteiger partial charge in [-0.2, -0.15) is 13.2 Å². The van der Waals surface area contributed by atoms with Crippen LogP contribution in [-0.4, -0.2) is 50.3 Å². The van der Waals surface area contributed by atoms with Gasteiger partial charge in [-0.25, -0.2) is 9.18 Å². The molecule has 0 aromatic heterocycles. The maximum atomic E-state index is 13.3. The number of nitrogens with zero attached hydrogens (tertiary/aromatic N) is 1. The number of carbonyl (C=O) groups is 1. The third kappa shape index (κ3) is 10.2. The number of piperidine rings is 1. The number of hydrogen-bond acceptors (Lipinski definition) is 6. The van der Waals surface area contributed by atoms with E-state index in [2.05, 4.69) is 108 Å². The number of halogens is 5. The molecule has 1 fully saturated rings. The monoisotopic (exact) mass is 941 g/mol. The lowest BCUT2D eigenvalue weighted by Crippen LogP contribution is -2.46. The highest BCUT2D eigenvalue weighted by Crippen LogP contribution is 2.45. The van der Waals surface area contributed by atoms with Crippen LogP contribution in [0.1, 0.15) is 93.3 Å². The molecule has 1 saturated heterocycles. The summed E-state index contributed by atoms with van der Waals surface area (Å²) in [6.45, 7) is 20.2. The highest BCUT2D eigenvalue weighted by atomic mass is 79.9. The number of likely N-dealkylation sites (tertiary alicyclic amines) is 1. The van der Waals surface area contributed by atoms with E-state index in [0.717, 1.165) is 78.5 Å². The number of hydrogen-bond donors (Lipinski definition) is 4. The first-order valence-corrected chi connectivity index (χ1v) is 22.8. The average Bonchev–Trinajstić information content (AvgIpc) is 3.97. The van der Waals surface area contributed by atoms with E-state index in [9.17, 15) is 22.4 Å². The van der Waals surface area contributed by atoms with Crippen LogP contribution in [0.5, 0.6) is 0 Å². The average molecular weight is 943 g/mol. The van der Waals surface area contributed by atoms with Crippen LogP contribution in [0.15, 0.2) is 108 Å². The van der Waals surface area contributed by atoms with Crippen molar-refractivity contribution in [2.75, 3.05) is 60.5 Å². The van der Waals surface area contributed by atoms with E-state index in [1.807, 2.05) is 55.1 Å². The first kappa shape index (κ1) is 46.8. The summed E-state index contributed by atoms with van der Waals surface area (Å²) in [6.07, 6.45) is -2.55. The normalized spacial score (nSPS) is 18.3. The van der Waals surface area contributed by atoms with Gasteiger partial charge in [0, 0.05) is 93.7 Å². The Labute approximate surface area is 383 Å². The molecule has 5 aromatic rings. The van der Waals surface area contributed by atoms with Crippen LogP contribution in [0.25, 0.3) is 0 Å². The molecule has 4 N–H and O–H groups in total. The van der Waals surface area contributed by atoms with Crippen molar-refractivity contribution in [3.8, 4) is 0 Å². The van der Waals surface area contributed by atoms with Gasteiger partial charge in [0.15, 0.2) is 0 Å². The Balaban J connectivity index is 0.000000135. The van der Waals surface area contributed by atoms with Crippen LogP contribution >= 0.6 is 15.9 Å². The van der Waals surface area contributed by atoms with Crippen molar-refractivity contribution in [2.24, 2.45) is 0 Å². The van der Waals surface area contributed by atoms with Crippen LogP contribution in [0.2, 0.25) is 0 Å². The van der Waals surface area contributed by atoms with Gasteiger partial charge in [-0.1, -0.05) is 112 Å². The van der Waals surface area contributed by atoms with Crippen molar-refractivity contribution in [3.63, 3.8) is 0 Å². The second-order valence-electron chi connectivity index (χ2n) is 19.5. The Morgan fingerprint density at radius 3 is 1.89 bits per heavy atom. The fraction of sp³-hybridized carbons (Fsp3) is 0.404. The number of aryl methyl sites for hydroxylation is 1. The minimum Gasteiger partial charge on any atom is -0.445 e. The van der Waals surface area contributed by atoms with E-state index < -0.39 is 11.7 Å². The molecule has 5 heterocycles. The van der Waals surface area contributed by atoms with E-state index in [-0.39, 0.29) is 28.2 Å². The molecule has 0 aliphatic carbocycles. The predicted molar refractivity (Wildman–Crippen MR) is 255 cm³/mol. The van der Waals surface area contributed by atoms with Crippen molar-refractivity contribution in [3.05, 3.63) is 152 Å². The number of benzene rings is 5. The molecule has 0 saturated carbocycles. The summed E-state index contributed by atoms with van der Waals surface area (Å²) < 4.78 is 57.2. The zero-order chi connectivity index (χ0) is 46.1. The molecule has 7 nitrogen and oxygen atoms in total. The Bertz CT molecular complexity index is 2400. The van der Waals surface area contributed by atoms with Crippen LogP contribution in [0.4, 0.5) is 45.1 Å². The van der Waals surface area contributed by atoms with Crippen molar-refractivity contribution < 1.29 is 27.1 Å². The van der Waals surface area contributed by atoms with Gasteiger partial charge < -0.3 is 30.9 Å². The highest BCUT2D eigenvalue weighted by molar-refractivity contribution is 9.10. The Hall–Kier alpha value is -5.23. The second kappa shape index (κ2) is 18.3. The molecule has 64 heavy (non-hydrogen) atoms. The SMILES string of the molecule is CC1(C)CNc2cc(C(F)(F)F)ccc21.CC1(C)CNc2cccc(F)c21.Cc1cccc2c1C(C)(C)CN2.O=C(OCc1ccccc1)N1CCC2(CC1)CNc1ccc(Br)cc12. The number of anilines is 4. The van der Waals surface area contributed by atoms with E-state index in [4.69, 9.17) is 4.74 Å². The van der Waals surface area contributed by atoms with Crippen LogP contribution in [0, 0.1) is 12.7 Å². The lowest BCUT2D eigenvalue weighted by atomic mass is 9.74. The number of nitrogens with one attached hydrogen (secondary N) is 4. The molecule has 1 spiro atoms. The molecule has 0 bridgehead atoms. The van der Waals surface area contributed by atoms with Gasteiger partial charge in [0.2, 0.25) is 0 Å². The summed E-state index contributed by atoms with van der Waals surface area (Å²) in [5.41, 5.74) is 10.9. The van der Waals surface area contributed by atoms with E-state index >= 15 is 0 Å². The zero-order valence-electron chi connectivity index (χ0n) is 37.8. The number of ether oxygens (including phenoxy) is 1. The first-order valence-electron chi connectivity index (χ1n) is 22.0. The van der Waals surface area contributed by atoms with Crippen molar-refractivity contribution in [1.29, 1.82) is 0 Å². The largest absolute Gasteiger partial charge is 0.445 e. The fourth-order valence-electron chi connectivity index (χ4n) is 9.59. The first-order chi connectivity index (χ1) is 30.2. The van der Waals surface area contributed by atoms with Gasteiger partial charge in [0.25, 0.3) is 0 Å². The second-order valence-corrected chi connectivity index (χ2v) is 20.4. The molecule has 10 rings (SSSR count). The van der Waals surface area contributed by atoms with E-state index in [1.165, 1.54) is 40.2 Å². The summed E-state index contributed by atoms with van der Waals surface area (Å²) in [7, 11) is 0. The van der Waals surface area contributed by atoms with Gasteiger partial charge in [0.1, 0.15) is 12.4 Å². The molecule has 1 amide bonds. The van der Waals surface area contributed by atoms with E-state index in [1.54, 1.807) is 12.1 Å². The lowest BCUT2D eigenvalue weighted by molar-refractivity contribution is -0.137. The molecule has 12 heteroatoms. The molecular weight excluding hydrogens is 883 g/mol. The molecule has 5 aliphatic heterocycles. The standard InChI is InChI=1S/C20H21BrN2O2.C11H12F3N.C11H15N.C10H12FN/c21-16-6-7-18-17(12-16)20(14-22-18)8-10-23(11-9-20)19(24)25-13-15-4-2-1-3-5-15;1-10(2)6-15-9-5-7(11(12,13)14)3-4-8(9)10;1-8-5-4-6-9-10(8)11(2,3)7-12-9;1-10(2)6-12-8-5-3-4-7(11)9(8)10/h1-7,12,22H,8-11,13-14H2;3-5,15H,6H2,1-2H3;4-6,12H,7H2,1-3H3;3-5,12H,6H2,1-2H3. The van der Waals surface area contributed by atoms with Gasteiger partial charge in [-0.15, -0.1) is 0 Å². The van der Waals surface area contributed by atoms with E-state index in [0.29, 0.717) is 24.3 Å². The van der Waals surface area contributed by atoms with Crippen molar-refractivity contribution in [1.82, 2.24) is 4.90 Å². The van der Waals surface area contributed by atoms with Gasteiger partial charge in [-0.3, -0.25) is 0 Å². The number of rotatable bonds is 2. The highest BCUT2D eigenvalue weighted by Gasteiger charge is 2.43. The van der Waals surface area contributed by atoms with Crippen LogP contribution in [-0.2, 0) is 39.2 Å². The smallest absolute Gasteiger partial charge is 0.416 e. The van der Waals surface area contributed by atoms with Crippen molar-refractivity contribution in [2.45, 2.75) is 95.8 Å². The molecule has 340 valence electrons. The molecule has 0 unspecified atom stereocenters. The molecule has 5 aromatic carbocycles. The number of fused-ring (bicyclic) bond motifs is 5. The lowest BCUT2D eigenvalue weighted by Gasteiger charge is -2.38. The fourth-order valence-corrected chi connectivity index (χ4v) is 9.95. The molecule has 0 radical (unpaired) electrons. The van der Waals surface area contributed by atoms with Crippen LogP contribution < -0.4 is 21.3 Å². The zero-order valence-corrected chi connectivity index (χ0v) is 39.4. The maximum Gasteiger partial charge on any atom is 0.416 e. The number of amides is 1. The van der Waals surface area contributed by atoms with Crippen LogP contribution in [0.3, 0.4) is 0 Å². The minimum atomic E-state index is -4.26. The quantitative estimate of drug-likeness (QED) is 0.132. The van der Waals surface area contributed by atoms with Gasteiger partial charge in [-0.05, 0) is 96.1 Å². The Morgan fingerprint density at radius 1 is 0.656 bits per heavy atom. The van der Waals surface area contributed by atoms with Gasteiger partial charge in [0.05, 0.1) is 5.56 Å². The summed E-state index contributed by atoms with van der Waals surface area (Å²) in [6, 6.07) is 31.8. The number of alkyl halides is 3. The third-order valence-corrected chi connectivity index (χ3v) is 13.7. The summed E-state index contributed by atoms with van der Waals surface area (Å²) >= 11 is 3.58. The summed E-state index contributed by atoms with van der Waals surface area (Å²) in [5.74, 6) is -0.0949.